The summed E-state index contributed by atoms with van der Waals surface area (Å²) in [4.78, 5) is 0. The maximum Gasteiger partial charge on any atom is 0.184 e. The van der Waals surface area contributed by atoms with Gasteiger partial charge in [-0.1, -0.05) is 6.07 Å². The highest BCUT2D eigenvalue weighted by molar-refractivity contribution is 5.43. The Bertz CT molecular complexity index is 378. The van der Waals surface area contributed by atoms with Crippen LogP contribution in [-0.2, 0) is 9.47 Å². The molecule has 2 atom stereocenters. The summed E-state index contributed by atoms with van der Waals surface area (Å²) in [7, 11) is 3.24. The fourth-order valence-corrected chi connectivity index (χ4v) is 1.83. The quantitative estimate of drug-likeness (QED) is 0.810. The Morgan fingerprint density at radius 2 is 1.94 bits per heavy atom. The second-order valence-electron chi connectivity index (χ2n) is 4.05. The van der Waals surface area contributed by atoms with Crippen LogP contribution < -0.4 is 9.47 Å². The van der Waals surface area contributed by atoms with Crippen LogP contribution in [0.25, 0.3) is 0 Å². The zero-order valence-corrected chi connectivity index (χ0v) is 10.4. The minimum Gasteiger partial charge on any atom is -0.493 e. The van der Waals surface area contributed by atoms with Gasteiger partial charge in [0.15, 0.2) is 17.8 Å². The first-order chi connectivity index (χ1) is 8.24. The second-order valence-corrected chi connectivity index (χ2v) is 4.05. The molecule has 4 heteroatoms. The van der Waals surface area contributed by atoms with Gasteiger partial charge in [0.1, 0.15) is 0 Å². The van der Waals surface area contributed by atoms with Crippen LogP contribution in [-0.4, -0.2) is 26.9 Å². The third-order valence-corrected chi connectivity index (χ3v) is 2.83. The molecule has 0 aliphatic carbocycles. The van der Waals surface area contributed by atoms with Crippen LogP contribution in [0.15, 0.2) is 18.2 Å². The van der Waals surface area contributed by atoms with Crippen molar-refractivity contribution in [2.24, 2.45) is 0 Å². The van der Waals surface area contributed by atoms with Gasteiger partial charge in [0.25, 0.3) is 0 Å². The van der Waals surface area contributed by atoms with Gasteiger partial charge in [0.05, 0.1) is 26.9 Å². The third kappa shape index (κ3) is 2.70. The molecule has 0 unspecified atom stereocenters. The van der Waals surface area contributed by atoms with Gasteiger partial charge in [-0.05, 0) is 25.5 Å². The van der Waals surface area contributed by atoms with E-state index >= 15 is 0 Å². The Labute approximate surface area is 101 Å². The molecule has 0 spiro atoms. The van der Waals surface area contributed by atoms with Crippen LogP contribution >= 0.6 is 0 Å². The summed E-state index contributed by atoms with van der Waals surface area (Å²) in [5.41, 5.74) is 0.953. The molecular formula is C13H18O4. The molecule has 0 saturated carbocycles. The van der Waals surface area contributed by atoms with E-state index < -0.39 is 0 Å². The van der Waals surface area contributed by atoms with Crippen LogP contribution in [0, 0.1) is 0 Å². The van der Waals surface area contributed by atoms with Crippen LogP contribution in [0.4, 0.5) is 0 Å². The smallest absolute Gasteiger partial charge is 0.184 e. The van der Waals surface area contributed by atoms with Gasteiger partial charge >= 0.3 is 0 Å². The van der Waals surface area contributed by atoms with Crippen molar-refractivity contribution in [2.45, 2.75) is 25.7 Å². The molecule has 0 bridgehead atoms. The standard InChI is InChI=1S/C13H18O4/c1-9-6-7-16-13(17-9)10-4-5-11(14-2)12(8-10)15-3/h4-5,8-9,13H,6-7H2,1-3H3/t9-,13-/m1/s1. The summed E-state index contributed by atoms with van der Waals surface area (Å²) >= 11 is 0. The molecule has 94 valence electrons. The summed E-state index contributed by atoms with van der Waals surface area (Å²) < 4.78 is 21.8. The van der Waals surface area contributed by atoms with Gasteiger partial charge in [-0.2, -0.15) is 0 Å². The molecule has 0 aromatic heterocycles. The Kier molecular flexibility index (Phi) is 3.86. The Balaban J connectivity index is 2.20. The molecule has 2 rings (SSSR count). The fourth-order valence-electron chi connectivity index (χ4n) is 1.83. The molecule has 1 fully saturated rings. The van der Waals surface area contributed by atoms with Gasteiger partial charge in [0, 0.05) is 5.56 Å². The van der Waals surface area contributed by atoms with Crippen molar-refractivity contribution in [1.29, 1.82) is 0 Å². The molecule has 17 heavy (non-hydrogen) atoms. The lowest BCUT2D eigenvalue weighted by molar-refractivity contribution is -0.212. The molecule has 1 aromatic rings. The Hall–Kier alpha value is -1.26. The van der Waals surface area contributed by atoms with Crippen molar-refractivity contribution >= 4 is 0 Å². The van der Waals surface area contributed by atoms with E-state index in [1.165, 1.54) is 0 Å². The van der Waals surface area contributed by atoms with Gasteiger partial charge in [-0.15, -0.1) is 0 Å². The first-order valence-corrected chi connectivity index (χ1v) is 5.73. The Morgan fingerprint density at radius 3 is 2.59 bits per heavy atom. The summed E-state index contributed by atoms with van der Waals surface area (Å²) in [6.07, 6.45) is 0.851. The van der Waals surface area contributed by atoms with Gasteiger partial charge in [-0.25, -0.2) is 0 Å². The van der Waals surface area contributed by atoms with E-state index in [9.17, 15) is 0 Å². The summed E-state index contributed by atoms with van der Waals surface area (Å²) in [6.45, 7) is 2.77. The average Bonchev–Trinajstić information content (AvgIpc) is 2.38. The van der Waals surface area contributed by atoms with Gasteiger partial charge < -0.3 is 18.9 Å². The largest absolute Gasteiger partial charge is 0.493 e. The van der Waals surface area contributed by atoms with E-state index in [2.05, 4.69) is 6.92 Å². The summed E-state index contributed by atoms with van der Waals surface area (Å²) in [5, 5.41) is 0. The van der Waals surface area contributed by atoms with E-state index in [0.717, 1.165) is 18.6 Å². The molecule has 1 aromatic carbocycles. The molecule has 0 amide bonds. The number of ether oxygens (including phenoxy) is 4. The van der Waals surface area contributed by atoms with E-state index in [4.69, 9.17) is 18.9 Å². The predicted molar refractivity (Wildman–Crippen MR) is 63.4 cm³/mol. The van der Waals surface area contributed by atoms with Crippen molar-refractivity contribution < 1.29 is 18.9 Å². The normalized spacial score (nSPS) is 24.4. The van der Waals surface area contributed by atoms with Crippen molar-refractivity contribution in [3.63, 3.8) is 0 Å². The lowest BCUT2D eigenvalue weighted by atomic mass is 10.1. The van der Waals surface area contributed by atoms with Crippen molar-refractivity contribution in [3.8, 4) is 11.5 Å². The highest BCUT2D eigenvalue weighted by Crippen LogP contribution is 2.33. The van der Waals surface area contributed by atoms with Gasteiger partial charge in [0.2, 0.25) is 0 Å². The maximum atomic E-state index is 5.73. The van der Waals surface area contributed by atoms with Crippen molar-refractivity contribution in [2.75, 3.05) is 20.8 Å². The SMILES string of the molecule is COc1ccc([C@@H]2OCC[C@@H](C)O2)cc1OC. The summed E-state index contributed by atoms with van der Waals surface area (Å²) in [6, 6.07) is 5.69. The maximum absolute atomic E-state index is 5.73. The topological polar surface area (TPSA) is 36.9 Å². The number of methoxy groups -OCH3 is 2. The van der Waals surface area contributed by atoms with Crippen LogP contribution in [0.2, 0.25) is 0 Å². The van der Waals surface area contributed by atoms with Crippen LogP contribution in [0.5, 0.6) is 11.5 Å². The molecule has 1 saturated heterocycles. The predicted octanol–water partition coefficient (Wildman–Crippen LogP) is 2.53. The van der Waals surface area contributed by atoms with E-state index in [1.54, 1.807) is 14.2 Å². The minimum absolute atomic E-state index is 0.224. The van der Waals surface area contributed by atoms with Crippen LogP contribution in [0.3, 0.4) is 0 Å². The molecule has 0 radical (unpaired) electrons. The highest BCUT2D eigenvalue weighted by atomic mass is 16.7. The summed E-state index contributed by atoms with van der Waals surface area (Å²) in [5.74, 6) is 1.40. The van der Waals surface area contributed by atoms with Crippen molar-refractivity contribution in [3.05, 3.63) is 23.8 Å². The number of hydrogen-bond donors (Lipinski definition) is 0. The average molecular weight is 238 g/mol. The highest BCUT2D eigenvalue weighted by Gasteiger charge is 2.22. The minimum atomic E-state index is -0.307. The van der Waals surface area contributed by atoms with E-state index in [-0.39, 0.29) is 12.4 Å². The zero-order valence-electron chi connectivity index (χ0n) is 10.4. The lowest BCUT2D eigenvalue weighted by Gasteiger charge is -2.28. The van der Waals surface area contributed by atoms with Crippen LogP contribution in [0.1, 0.15) is 25.2 Å². The first-order valence-electron chi connectivity index (χ1n) is 5.73. The fraction of sp³-hybridized carbons (Fsp3) is 0.538. The zero-order chi connectivity index (χ0) is 12.3. The molecule has 4 nitrogen and oxygen atoms in total. The van der Waals surface area contributed by atoms with E-state index in [0.29, 0.717) is 11.5 Å². The molecule has 1 aliphatic heterocycles. The third-order valence-electron chi connectivity index (χ3n) is 2.83. The number of hydrogen-bond acceptors (Lipinski definition) is 4. The molecular weight excluding hydrogens is 220 g/mol. The lowest BCUT2D eigenvalue weighted by Crippen LogP contribution is -2.24. The molecule has 1 aliphatic rings. The monoisotopic (exact) mass is 238 g/mol. The second kappa shape index (κ2) is 5.38. The van der Waals surface area contributed by atoms with Gasteiger partial charge in [-0.3, -0.25) is 0 Å². The number of rotatable bonds is 3. The number of benzene rings is 1. The molecule has 0 N–H and O–H groups in total. The first kappa shape index (κ1) is 12.2. The Morgan fingerprint density at radius 1 is 1.18 bits per heavy atom. The van der Waals surface area contributed by atoms with Crippen molar-refractivity contribution in [1.82, 2.24) is 0 Å². The van der Waals surface area contributed by atoms with E-state index in [1.807, 2.05) is 18.2 Å². The molecule has 1 heterocycles.